The smallest absolute Gasteiger partial charge is 0.342 e. The number of carbonyl (C=O) groups excluding carboxylic acids is 1. The molecule has 0 fully saturated rings. The molecule has 1 aromatic heterocycles. The fourth-order valence-electron chi connectivity index (χ4n) is 2.21. The lowest BCUT2D eigenvalue weighted by molar-refractivity contribution is -0.139. The second kappa shape index (κ2) is 7.60. The largest absolute Gasteiger partial charge is 0.480 e. The zero-order valence-corrected chi connectivity index (χ0v) is 14.3. The number of ether oxygens (including phenoxy) is 1. The van der Waals surface area contributed by atoms with Gasteiger partial charge in [-0.2, -0.15) is 4.72 Å². The quantitative estimate of drug-likeness (QED) is 0.685. The van der Waals surface area contributed by atoms with Crippen LogP contribution in [-0.2, 0) is 19.6 Å². The number of sulfonamides is 1. The molecule has 0 aliphatic heterocycles. The fraction of sp³-hybridized carbons (Fsp3) is 0.571. The molecular formula is C14H21NO7S. The van der Waals surface area contributed by atoms with Crippen molar-refractivity contribution in [2.24, 2.45) is 0 Å². The summed E-state index contributed by atoms with van der Waals surface area (Å²) >= 11 is 0. The first-order valence-corrected chi connectivity index (χ1v) is 8.57. The van der Waals surface area contributed by atoms with Crippen LogP contribution < -0.4 is 4.72 Å². The first-order valence-electron chi connectivity index (χ1n) is 7.09. The van der Waals surface area contributed by atoms with Gasteiger partial charge in [0.25, 0.3) is 0 Å². The van der Waals surface area contributed by atoms with Crippen LogP contribution in [0, 0.1) is 13.8 Å². The van der Waals surface area contributed by atoms with Crippen molar-refractivity contribution in [3.63, 3.8) is 0 Å². The number of hydrogen-bond donors (Lipinski definition) is 2. The molecular weight excluding hydrogens is 326 g/mol. The number of nitrogens with one attached hydrogen (secondary N) is 1. The zero-order valence-electron chi connectivity index (χ0n) is 13.5. The summed E-state index contributed by atoms with van der Waals surface area (Å²) in [7, 11) is -3.14. The maximum Gasteiger partial charge on any atom is 0.342 e. The van der Waals surface area contributed by atoms with Crippen molar-refractivity contribution < 1.29 is 32.3 Å². The molecule has 0 saturated heterocycles. The molecule has 0 aliphatic carbocycles. The summed E-state index contributed by atoms with van der Waals surface area (Å²) in [5, 5.41) is 9.17. The molecule has 0 aliphatic rings. The Morgan fingerprint density at radius 3 is 2.39 bits per heavy atom. The number of rotatable bonds is 8. The first-order chi connectivity index (χ1) is 10.7. The van der Waals surface area contributed by atoms with Crippen molar-refractivity contribution in [3.05, 3.63) is 17.1 Å². The molecule has 0 radical (unpaired) electrons. The van der Waals surface area contributed by atoms with Crippen molar-refractivity contribution >= 4 is 22.0 Å². The van der Waals surface area contributed by atoms with Gasteiger partial charge in [0.2, 0.25) is 10.0 Å². The van der Waals surface area contributed by atoms with Crippen LogP contribution in [0.15, 0.2) is 9.31 Å². The molecule has 1 atom stereocenters. The minimum Gasteiger partial charge on any atom is -0.480 e. The minimum atomic E-state index is -4.26. The second-order valence-corrected chi connectivity index (χ2v) is 6.72. The van der Waals surface area contributed by atoms with Gasteiger partial charge in [0.15, 0.2) is 0 Å². The van der Waals surface area contributed by atoms with E-state index in [4.69, 9.17) is 9.52 Å². The van der Waals surface area contributed by atoms with Gasteiger partial charge in [0.05, 0.1) is 7.11 Å². The van der Waals surface area contributed by atoms with E-state index in [0.29, 0.717) is 6.42 Å². The third-order valence-electron chi connectivity index (χ3n) is 3.31. The molecule has 8 nitrogen and oxygen atoms in total. The van der Waals surface area contributed by atoms with Gasteiger partial charge < -0.3 is 14.3 Å². The Morgan fingerprint density at radius 1 is 1.30 bits per heavy atom. The Hall–Kier alpha value is -1.87. The Kier molecular flexibility index (Phi) is 6.34. The summed E-state index contributed by atoms with van der Waals surface area (Å²) in [5.41, 5.74) is -0.225. The highest BCUT2D eigenvalue weighted by molar-refractivity contribution is 7.89. The molecule has 1 heterocycles. The lowest BCUT2D eigenvalue weighted by Crippen LogP contribution is -2.41. The van der Waals surface area contributed by atoms with Gasteiger partial charge in [-0.15, -0.1) is 0 Å². The Bertz CT molecular complexity index is 690. The normalized spacial score (nSPS) is 12.9. The van der Waals surface area contributed by atoms with Crippen LogP contribution in [0.25, 0.3) is 0 Å². The number of carboxylic acid groups (broad SMARTS) is 1. The molecule has 130 valence electrons. The summed E-state index contributed by atoms with van der Waals surface area (Å²) in [6.07, 6.45) is 1.42. The molecule has 0 bridgehead atoms. The van der Waals surface area contributed by atoms with Crippen molar-refractivity contribution in [2.45, 2.75) is 51.0 Å². The molecule has 0 aromatic carbocycles. The number of hydrogen-bond acceptors (Lipinski definition) is 6. The molecule has 0 saturated carbocycles. The number of esters is 1. The Labute approximate surface area is 134 Å². The third-order valence-corrected chi connectivity index (χ3v) is 4.93. The molecule has 0 amide bonds. The van der Waals surface area contributed by atoms with Gasteiger partial charge in [0.1, 0.15) is 28.0 Å². The number of unbranched alkanes of at least 4 members (excludes halogenated alkanes) is 1. The monoisotopic (exact) mass is 347 g/mol. The van der Waals surface area contributed by atoms with Crippen LogP contribution in [0.4, 0.5) is 0 Å². The highest BCUT2D eigenvalue weighted by Gasteiger charge is 2.34. The summed E-state index contributed by atoms with van der Waals surface area (Å²) in [6.45, 7) is 4.69. The number of aryl methyl sites for hydroxylation is 2. The second-order valence-electron chi connectivity index (χ2n) is 5.06. The van der Waals surface area contributed by atoms with Crippen molar-refractivity contribution in [1.82, 2.24) is 4.72 Å². The number of carboxylic acids is 1. The van der Waals surface area contributed by atoms with Gasteiger partial charge in [0, 0.05) is 0 Å². The van der Waals surface area contributed by atoms with Crippen molar-refractivity contribution in [3.8, 4) is 0 Å². The molecule has 23 heavy (non-hydrogen) atoms. The average Bonchev–Trinajstić information content (AvgIpc) is 2.77. The first kappa shape index (κ1) is 19.2. The van der Waals surface area contributed by atoms with E-state index in [2.05, 4.69) is 9.46 Å². The Balaban J connectivity index is 3.28. The lowest BCUT2D eigenvalue weighted by Gasteiger charge is -2.14. The number of methoxy groups -OCH3 is 1. The fourth-order valence-corrected chi connectivity index (χ4v) is 3.84. The van der Waals surface area contributed by atoms with E-state index >= 15 is 0 Å². The van der Waals surface area contributed by atoms with Gasteiger partial charge in [-0.05, 0) is 20.3 Å². The molecule has 0 spiro atoms. The van der Waals surface area contributed by atoms with Crippen LogP contribution in [0.5, 0.6) is 0 Å². The minimum absolute atomic E-state index is 0.00460. The number of carbonyl (C=O) groups is 2. The predicted molar refractivity (Wildman–Crippen MR) is 80.8 cm³/mol. The van der Waals surface area contributed by atoms with Crippen LogP contribution in [0.3, 0.4) is 0 Å². The Morgan fingerprint density at radius 2 is 1.91 bits per heavy atom. The van der Waals surface area contributed by atoms with Gasteiger partial charge in [-0.25, -0.2) is 13.2 Å². The SMILES string of the molecule is CCCC[C@H](NS(=O)(=O)c1c(C)oc(C)c1C(=O)OC)C(=O)O. The molecule has 1 aromatic rings. The molecule has 2 N–H and O–H groups in total. The summed E-state index contributed by atoms with van der Waals surface area (Å²) in [5.74, 6) is -2.05. The van der Waals surface area contributed by atoms with Crippen LogP contribution in [-0.4, -0.2) is 38.6 Å². The maximum absolute atomic E-state index is 12.5. The number of furan rings is 1. The van der Waals surface area contributed by atoms with Gasteiger partial charge in [-0.3, -0.25) is 4.79 Å². The molecule has 0 unspecified atom stereocenters. The van der Waals surface area contributed by atoms with E-state index in [0.717, 1.165) is 13.5 Å². The maximum atomic E-state index is 12.5. The summed E-state index contributed by atoms with van der Waals surface area (Å²) < 4.78 is 37.0. The van der Waals surface area contributed by atoms with Crippen LogP contribution in [0.2, 0.25) is 0 Å². The van der Waals surface area contributed by atoms with Gasteiger partial charge >= 0.3 is 11.9 Å². The molecule has 9 heteroatoms. The van der Waals surface area contributed by atoms with E-state index < -0.39 is 28.0 Å². The zero-order chi connectivity index (χ0) is 17.8. The van der Waals surface area contributed by atoms with E-state index in [1.165, 1.54) is 13.8 Å². The summed E-state index contributed by atoms with van der Waals surface area (Å²) in [4.78, 5) is 22.7. The topological polar surface area (TPSA) is 123 Å². The van der Waals surface area contributed by atoms with Crippen molar-refractivity contribution in [2.75, 3.05) is 7.11 Å². The third kappa shape index (κ3) is 4.32. The van der Waals surface area contributed by atoms with E-state index in [-0.39, 0.29) is 28.4 Å². The standard InChI is InChI=1S/C14H21NO7S/c1-5-6-7-10(13(16)17)15-23(19,20)12-9(3)22-8(2)11(12)14(18)21-4/h10,15H,5-7H2,1-4H3,(H,16,17)/t10-/m0/s1. The highest BCUT2D eigenvalue weighted by Crippen LogP contribution is 2.27. The summed E-state index contributed by atoms with van der Waals surface area (Å²) in [6, 6.07) is -1.28. The van der Waals surface area contributed by atoms with Crippen LogP contribution in [0.1, 0.15) is 48.1 Å². The molecule has 1 rings (SSSR count). The van der Waals surface area contributed by atoms with E-state index in [1.54, 1.807) is 0 Å². The highest BCUT2D eigenvalue weighted by atomic mass is 32.2. The van der Waals surface area contributed by atoms with Crippen LogP contribution >= 0.6 is 0 Å². The van der Waals surface area contributed by atoms with Crippen molar-refractivity contribution in [1.29, 1.82) is 0 Å². The average molecular weight is 347 g/mol. The van der Waals surface area contributed by atoms with E-state index in [1.807, 2.05) is 6.92 Å². The lowest BCUT2D eigenvalue weighted by atomic mass is 10.1. The number of aliphatic carboxylic acids is 1. The van der Waals surface area contributed by atoms with Gasteiger partial charge in [-0.1, -0.05) is 19.8 Å². The predicted octanol–water partition coefficient (Wildman–Crippen LogP) is 1.60. The van der Waals surface area contributed by atoms with E-state index in [9.17, 15) is 18.0 Å².